The minimum absolute atomic E-state index is 0.0565. The average Bonchev–Trinajstić information content (AvgIpc) is 2.64. The predicted octanol–water partition coefficient (Wildman–Crippen LogP) is 2.98. The van der Waals surface area contributed by atoms with Gasteiger partial charge in [-0.2, -0.15) is 0 Å². The van der Waals surface area contributed by atoms with E-state index in [0.29, 0.717) is 5.92 Å². The van der Waals surface area contributed by atoms with Crippen LogP contribution in [0.4, 0.5) is 0 Å². The van der Waals surface area contributed by atoms with Crippen LogP contribution in [0.3, 0.4) is 0 Å². The molecule has 2 saturated carbocycles. The summed E-state index contributed by atoms with van der Waals surface area (Å²) in [5, 5.41) is 9.53. The summed E-state index contributed by atoms with van der Waals surface area (Å²) in [6, 6.07) is 0. The molecule has 3 aliphatic rings. The van der Waals surface area contributed by atoms with Gasteiger partial charge >= 0.3 is 5.97 Å². The summed E-state index contributed by atoms with van der Waals surface area (Å²) in [6.07, 6.45) is 9.65. The fourth-order valence-electron chi connectivity index (χ4n) is 4.22. The van der Waals surface area contributed by atoms with Crippen molar-refractivity contribution in [2.24, 2.45) is 11.3 Å². The van der Waals surface area contributed by atoms with E-state index in [-0.39, 0.29) is 11.0 Å². The largest absolute Gasteiger partial charge is 0.481 e. The zero-order valence-corrected chi connectivity index (χ0v) is 10.4. The molecule has 0 aromatic rings. The van der Waals surface area contributed by atoms with Gasteiger partial charge in [-0.15, -0.1) is 0 Å². The molecule has 1 atom stereocenters. The van der Waals surface area contributed by atoms with Gasteiger partial charge in [-0.25, -0.2) is 0 Å². The summed E-state index contributed by atoms with van der Waals surface area (Å²) in [6.45, 7) is 0.777. The van der Waals surface area contributed by atoms with Gasteiger partial charge in [-0.05, 0) is 44.4 Å². The van der Waals surface area contributed by atoms with Gasteiger partial charge in [0.05, 0.1) is 11.0 Å². The molecular formula is C14H22O3. The molecule has 0 aromatic carbocycles. The van der Waals surface area contributed by atoms with E-state index in [1.165, 1.54) is 12.8 Å². The zero-order valence-electron chi connectivity index (χ0n) is 10.4. The normalized spacial score (nSPS) is 34.5. The molecule has 17 heavy (non-hydrogen) atoms. The molecule has 3 nitrogen and oxygen atoms in total. The highest BCUT2D eigenvalue weighted by atomic mass is 16.5. The maximum Gasteiger partial charge on any atom is 0.309 e. The molecule has 3 rings (SSSR count). The molecule has 1 spiro atoms. The van der Waals surface area contributed by atoms with Crippen molar-refractivity contribution in [3.8, 4) is 0 Å². The van der Waals surface area contributed by atoms with Crippen LogP contribution in [0.15, 0.2) is 0 Å². The van der Waals surface area contributed by atoms with Crippen molar-refractivity contribution in [1.82, 2.24) is 0 Å². The maximum atomic E-state index is 11.6. The van der Waals surface area contributed by atoms with E-state index in [2.05, 4.69) is 0 Å². The van der Waals surface area contributed by atoms with E-state index in [0.717, 1.165) is 51.6 Å². The Morgan fingerprint density at radius 3 is 2.35 bits per heavy atom. The summed E-state index contributed by atoms with van der Waals surface area (Å²) in [7, 11) is 0. The van der Waals surface area contributed by atoms with Crippen LogP contribution in [0.1, 0.15) is 57.8 Å². The van der Waals surface area contributed by atoms with Gasteiger partial charge in [0, 0.05) is 6.61 Å². The number of ether oxygens (including phenoxy) is 1. The quantitative estimate of drug-likeness (QED) is 0.804. The molecule has 0 bridgehead atoms. The molecule has 1 aliphatic heterocycles. The van der Waals surface area contributed by atoms with Crippen LogP contribution in [0, 0.1) is 11.3 Å². The summed E-state index contributed by atoms with van der Waals surface area (Å²) in [4.78, 5) is 11.6. The molecule has 1 saturated heterocycles. The van der Waals surface area contributed by atoms with Crippen LogP contribution < -0.4 is 0 Å². The Morgan fingerprint density at radius 2 is 1.82 bits per heavy atom. The predicted molar refractivity (Wildman–Crippen MR) is 63.8 cm³/mol. The van der Waals surface area contributed by atoms with Crippen LogP contribution in [0.2, 0.25) is 0 Å². The van der Waals surface area contributed by atoms with Gasteiger partial charge in [-0.1, -0.05) is 19.3 Å². The van der Waals surface area contributed by atoms with Crippen molar-refractivity contribution in [2.75, 3.05) is 6.61 Å². The zero-order chi connectivity index (χ0) is 11.9. The highest BCUT2D eigenvalue weighted by Crippen LogP contribution is 2.55. The molecule has 96 valence electrons. The van der Waals surface area contributed by atoms with Crippen molar-refractivity contribution in [2.45, 2.75) is 63.4 Å². The highest BCUT2D eigenvalue weighted by molar-refractivity contribution is 5.76. The van der Waals surface area contributed by atoms with Gasteiger partial charge in [0.15, 0.2) is 0 Å². The molecule has 0 aromatic heterocycles. The standard InChI is InChI=1S/C14H22O3/c15-12(16)14(7-3-8-14)11-4-9-17-13(10-11)5-1-2-6-13/h11H,1-10H2,(H,15,16). The van der Waals surface area contributed by atoms with Crippen LogP contribution in [-0.2, 0) is 9.53 Å². The third-order valence-electron chi connectivity index (χ3n) is 5.46. The average molecular weight is 238 g/mol. The lowest BCUT2D eigenvalue weighted by Gasteiger charge is -2.49. The third-order valence-corrected chi connectivity index (χ3v) is 5.46. The Balaban J connectivity index is 1.77. The Labute approximate surface area is 103 Å². The van der Waals surface area contributed by atoms with E-state index >= 15 is 0 Å². The smallest absolute Gasteiger partial charge is 0.309 e. The first-order valence-corrected chi connectivity index (χ1v) is 7.04. The van der Waals surface area contributed by atoms with Crippen LogP contribution >= 0.6 is 0 Å². The minimum atomic E-state index is -0.552. The van der Waals surface area contributed by atoms with Gasteiger partial charge in [0.2, 0.25) is 0 Å². The van der Waals surface area contributed by atoms with Crippen molar-refractivity contribution in [3.05, 3.63) is 0 Å². The minimum Gasteiger partial charge on any atom is -0.481 e. The Bertz CT molecular complexity index is 313. The van der Waals surface area contributed by atoms with E-state index in [1.807, 2.05) is 0 Å². The fourth-order valence-corrected chi connectivity index (χ4v) is 4.22. The van der Waals surface area contributed by atoms with Gasteiger partial charge in [-0.3, -0.25) is 4.79 Å². The lowest BCUT2D eigenvalue weighted by Crippen LogP contribution is -2.50. The maximum absolute atomic E-state index is 11.6. The van der Waals surface area contributed by atoms with Gasteiger partial charge in [0.25, 0.3) is 0 Å². The number of carboxylic acid groups (broad SMARTS) is 1. The molecule has 1 unspecified atom stereocenters. The summed E-state index contributed by atoms with van der Waals surface area (Å²) >= 11 is 0. The van der Waals surface area contributed by atoms with Crippen molar-refractivity contribution in [3.63, 3.8) is 0 Å². The summed E-state index contributed by atoms with van der Waals surface area (Å²) in [5.74, 6) is -0.190. The van der Waals surface area contributed by atoms with Crippen molar-refractivity contribution >= 4 is 5.97 Å². The Hall–Kier alpha value is -0.570. The number of rotatable bonds is 2. The van der Waals surface area contributed by atoms with Crippen molar-refractivity contribution < 1.29 is 14.6 Å². The van der Waals surface area contributed by atoms with E-state index in [1.54, 1.807) is 0 Å². The Morgan fingerprint density at radius 1 is 1.12 bits per heavy atom. The molecule has 0 amide bonds. The second-order valence-electron chi connectivity index (χ2n) is 6.24. The first-order valence-electron chi connectivity index (χ1n) is 7.04. The first kappa shape index (κ1) is 11.5. The number of hydrogen-bond acceptors (Lipinski definition) is 2. The monoisotopic (exact) mass is 238 g/mol. The fraction of sp³-hybridized carbons (Fsp3) is 0.929. The number of aliphatic carboxylic acids is 1. The van der Waals surface area contributed by atoms with Gasteiger partial charge in [0.1, 0.15) is 0 Å². The SMILES string of the molecule is O=C(O)C1(C2CCOC3(CCCC3)C2)CCC1. The topological polar surface area (TPSA) is 46.5 Å². The highest BCUT2D eigenvalue weighted by Gasteiger charge is 2.54. The van der Waals surface area contributed by atoms with E-state index in [9.17, 15) is 9.90 Å². The molecule has 3 heteroatoms. The number of hydrogen-bond donors (Lipinski definition) is 1. The second kappa shape index (κ2) is 3.98. The number of carboxylic acids is 1. The van der Waals surface area contributed by atoms with Crippen LogP contribution in [0.25, 0.3) is 0 Å². The summed E-state index contributed by atoms with van der Waals surface area (Å²) in [5.41, 5.74) is -0.333. The molecule has 0 radical (unpaired) electrons. The number of carbonyl (C=O) groups is 1. The Kier molecular flexibility index (Phi) is 2.69. The molecule has 2 aliphatic carbocycles. The first-order chi connectivity index (χ1) is 8.17. The van der Waals surface area contributed by atoms with Gasteiger partial charge < -0.3 is 9.84 Å². The molecule has 1 heterocycles. The van der Waals surface area contributed by atoms with Crippen molar-refractivity contribution in [1.29, 1.82) is 0 Å². The summed E-state index contributed by atoms with van der Waals surface area (Å²) < 4.78 is 6.01. The molecule has 3 fully saturated rings. The van der Waals surface area contributed by atoms with Crippen LogP contribution in [-0.4, -0.2) is 23.3 Å². The van der Waals surface area contributed by atoms with Crippen LogP contribution in [0.5, 0.6) is 0 Å². The second-order valence-corrected chi connectivity index (χ2v) is 6.24. The lowest BCUT2D eigenvalue weighted by molar-refractivity contribution is -0.173. The molecular weight excluding hydrogens is 216 g/mol. The lowest BCUT2D eigenvalue weighted by atomic mass is 9.57. The third kappa shape index (κ3) is 1.70. The van der Waals surface area contributed by atoms with E-state index in [4.69, 9.17) is 4.74 Å². The molecule has 1 N–H and O–H groups in total. The van der Waals surface area contributed by atoms with E-state index < -0.39 is 5.97 Å².